The maximum absolute atomic E-state index is 11.8. The second-order valence-electron chi connectivity index (χ2n) is 4.74. The van der Waals surface area contributed by atoms with Crippen LogP contribution >= 0.6 is 0 Å². The van der Waals surface area contributed by atoms with Crippen LogP contribution in [0.15, 0.2) is 24.3 Å². The van der Waals surface area contributed by atoms with Gasteiger partial charge in [-0.25, -0.2) is 4.79 Å². The van der Waals surface area contributed by atoms with Crippen molar-refractivity contribution in [2.24, 2.45) is 5.73 Å². The van der Waals surface area contributed by atoms with E-state index in [9.17, 15) is 4.79 Å². The summed E-state index contributed by atoms with van der Waals surface area (Å²) < 4.78 is 5.37. The van der Waals surface area contributed by atoms with Crippen molar-refractivity contribution in [2.45, 2.75) is 31.7 Å². The Hall–Kier alpha value is -1.75. The number of carbonyl (C=O) groups excluding carboxylic acids is 1. The molecule has 0 radical (unpaired) electrons. The lowest BCUT2D eigenvalue weighted by Crippen LogP contribution is -2.36. The fourth-order valence-corrected chi connectivity index (χ4v) is 2.23. The first-order valence-electron chi connectivity index (χ1n) is 6.78. The first-order chi connectivity index (χ1) is 9.28. The molecule has 2 amide bonds. The van der Waals surface area contributed by atoms with E-state index >= 15 is 0 Å². The predicted molar refractivity (Wildman–Crippen MR) is 75.4 cm³/mol. The van der Waals surface area contributed by atoms with Gasteiger partial charge in [-0.15, -0.1) is 0 Å². The average molecular weight is 263 g/mol. The molecule has 0 unspecified atom stereocenters. The molecule has 0 spiro atoms. The van der Waals surface area contributed by atoms with Crippen molar-refractivity contribution in [2.75, 3.05) is 18.5 Å². The first-order valence-corrected chi connectivity index (χ1v) is 6.78. The molecule has 0 heterocycles. The van der Waals surface area contributed by atoms with Gasteiger partial charge in [0.05, 0.1) is 0 Å². The first kappa shape index (κ1) is 13.7. The molecule has 2 rings (SSSR count). The SMILES string of the molecule is NCCOc1ccc(NC(=O)NC2CCCC2)cc1. The third-order valence-corrected chi connectivity index (χ3v) is 3.19. The molecule has 1 aromatic carbocycles. The third kappa shape index (κ3) is 4.44. The molecular formula is C14H21N3O2. The van der Waals surface area contributed by atoms with Crippen LogP contribution in [0.5, 0.6) is 5.75 Å². The number of rotatable bonds is 5. The van der Waals surface area contributed by atoms with Crippen molar-refractivity contribution in [3.8, 4) is 5.75 Å². The highest BCUT2D eigenvalue weighted by atomic mass is 16.5. The Bertz CT molecular complexity index is 400. The van der Waals surface area contributed by atoms with E-state index in [1.54, 1.807) is 0 Å². The number of urea groups is 1. The Morgan fingerprint density at radius 1 is 1.26 bits per heavy atom. The van der Waals surface area contributed by atoms with Gasteiger partial charge in [0.2, 0.25) is 0 Å². The molecule has 0 aromatic heterocycles. The topological polar surface area (TPSA) is 76.4 Å². The van der Waals surface area contributed by atoms with Gasteiger partial charge in [-0.05, 0) is 37.1 Å². The van der Waals surface area contributed by atoms with E-state index in [2.05, 4.69) is 10.6 Å². The molecule has 1 aliphatic carbocycles. The van der Waals surface area contributed by atoms with Crippen LogP contribution in [0.3, 0.4) is 0 Å². The summed E-state index contributed by atoms with van der Waals surface area (Å²) >= 11 is 0. The summed E-state index contributed by atoms with van der Waals surface area (Å²) in [6, 6.07) is 7.47. The van der Waals surface area contributed by atoms with Crippen LogP contribution in [0.2, 0.25) is 0 Å². The molecule has 0 saturated heterocycles. The normalized spacial score (nSPS) is 15.2. The Kier molecular flexibility index (Phi) is 5.03. The van der Waals surface area contributed by atoms with Crippen LogP contribution in [0.1, 0.15) is 25.7 Å². The Morgan fingerprint density at radius 3 is 2.58 bits per heavy atom. The number of benzene rings is 1. The molecular weight excluding hydrogens is 242 g/mol. The van der Waals surface area contributed by atoms with Gasteiger partial charge < -0.3 is 21.1 Å². The fourth-order valence-electron chi connectivity index (χ4n) is 2.23. The maximum Gasteiger partial charge on any atom is 0.319 e. The van der Waals surface area contributed by atoms with E-state index in [1.165, 1.54) is 12.8 Å². The summed E-state index contributed by atoms with van der Waals surface area (Å²) in [5.74, 6) is 0.757. The molecule has 1 aliphatic rings. The second kappa shape index (κ2) is 6.99. The third-order valence-electron chi connectivity index (χ3n) is 3.19. The number of nitrogens with one attached hydrogen (secondary N) is 2. The highest BCUT2D eigenvalue weighted by Gasteiger charge is 2.16. The monoisotopic (exact) mass is 263 g/mol. The zero-order chi connectivity index (χ0) is 13.5. The van der Waals surface area contributed by atoms with Crippen molar-refractivity contribution < 1.29 is 9.53 Å². The molecule has 5 nitrogen and oxygen atoms in total. The second-order valence-corrected chi connectivity index (χ2v) is 4.74. The van der Waals surface area contributed by atoms with E-state index in [-0.39, 0.29) is 6.03 Å². The van der Waals surface area contributed by atoms with Crippen molar-refractivity contribution in [3.05, 3.63) is 24.3 Å². The van der Waals surface area contributed by atoms with E-state index < -0.39 is 0 Å². The molecule has 1 aromatic rings. The van der Waals surface area contributed by atoms with E-state index in [0.29, 0.717) is 19.2 Å². The lowest BCUT2D eigenvalue weighted by atomic mass is 10.2. The van der Waals surface area contributed by atoms with E-state index in [1.807, 2.05) is 24.3 Å². The van der Waals surface area contributed by atoms with Gasteiger partial charge in [0, 0.05) is 18.3 Å². The minimum Gasteiger partial charge on any atom is -0.492 e. The Balaban J connectivity index is 1.79. The smallest absolute Gasteiger partial charge is 0.319 e. The van der Waals surface area contributed by atoms with Crippen LogP contribution < -0.4 is 21.1 Å². The number of amides is 2. The van der Waals surface area contributed by atoms with Crippen LogP contribution in [-0.4, -0.2) is 25.2 Å². The quantitative estimate of drug-likeness (QED) is 0.761. The van der Waals surface area contributed by atoms with Gasteiger partial charge in [-0.3, -0.25) is 0 Å². The molecule has 1 saturated carbocycles. The summed E-state index contributed by atoms with van der Waals surface area (Å²) in [6.45, 7) is 0.985. The van der Waals surface area contributed by atoms with Gasteiger partial charge in [-0.1, -0.05) is 12.8 Å². The fraction of sp³-hybridized carbons (Fsp3) is 0.500. The molecule has 1 fully saturated rings. The molecule has 4 N–H and O–H groups in total. The Labute approximate surface area is 113 Å². The number of hydrogen-bond acceptors (Lipinski definition) is 3. The molecule has 0 atom stereocenters. The molecule has 19 heavy (non-hydrogen) atoms. The maximum atomic E-state index is 11.8. The largest absolute Gasteiger partial charge is 0.492 e. The Morgan fingerprint density at radius 2 is 1.95 bits per heavy atom. The molecule has 104 valence electrons. The van der Waals surface area contributed by atoms with Crippen molar-refractivity contribution in [3.63, 3.8) is 0 Å². The van der Waals surface area contributed by atoms with Gasteiger partial charge in [0.15, 0.2) is 0 Å². The number of anilines is 1. The lowest BCUT2D eigenvalue weighted by molar-refractivity contribution is 0.248. The van der Waals surface area contributed by atoms with Crippen LogP contribution in [-0.2, 0) is 0 Å². The summed E-state index contributed by atoms with van der Waals surface area (Å²) in [5.41, 5.74) is 6.12. The predicted octanol–water partition coefficient (Wildman–Crippen LogP) is 2.09. The summed E-state index contributed by atoms with van der Waals surface area (Å²) in [7, 11) is 0. The van der Waals surface area contributed by atoms with Crippen molar-refractivity contribution in [1.82, 2.24) is 5.32 Å². The highest BCUT2D eigenvalue weighted by molar-refractivity contribution is 5.89. The van der Waals surface area contributed by atoms with Gasteiger partial charge in [-0.2, -0.15) is 0 Å². The minimum atomic E-state index is -0.137. The van der Waals surface area contributed by atoms with Crippen LogP contribution in [0.4, 0.5) is 10.5 Å². The lowest BCUT2D eigenvalue weighted by Gasteiger charge is -2.13. The van der Waals surface area contributed by atoms with Crippen LogP contribution in [0.25, 0.3) is 0 Å². The van der Waals surface area contributed by atoms with Crippen molar-refractivity contribution >= 4 is 11.7 Å². The van der Waals surface area contributed by atoms with Crippen LogP contribution in [0, 0.1) is 0 Å². The standard InChI is InChI=1S/C14H21N3O2/c15-9-10-19-13-7-5-12(6-8-13)17-14(18)16-11-3-1-2-4-11/h5-8,11H,1-4,9-10,15H2,(H2,16,17,18). The summed E-state index contributed by atoms with van der Waals surface area (Å²) in [5, 5.41) is 5.80. The number of hydrogen-bond donors (Lipinski definition) is 3. The molecule has 5 heteroatoms. The number of carbonyl (C=O) groups is 1. The number of nitrogens with two attached hydrogens (primary N) is 1. The minimum absolute atomic E-state index is 0.137. The average Bonchev–Trinajstić information content (AvgIpc) is 2.90. The highest BCUT2D eigenvalue weighted by Crippen LogP contribution is 2.18. The van der Waals surface area contributed by atoms with Crippen molar-refractivity contribution in [1.29, 1.82) is 0 Å². The van der Waals surface area contributed by atoms with Gasteiger partial charge in [0.25, 0.3) is 0 Å². The molecule has 0 aliphatic heterocycles. The molecule has 0 bridgehead atoms. The summed E-state index contributed by atoms with van der Waals surface area (Å²) in [4.78, 5) is 11.8. The summed E-state index contributed by atoms with van der Waals surface area (Å²) in [6.07, 6.45) is 4.58. The van der Waals surface area contributed by atoms with Gasteiger partial charge >= 0.3 is 6.03 Å². The zero-order valence-electron chi connectivity index (χ0n) is 11.0. The zero-order valence-corrected chi connectivity index (χ0v) is 11.0. The van der Waals surface area contributed by atoms with Gasteiger partial charge in [0.1, 0.15) is 12.4 Å². The van der Waals surface area contributed by atoms with E-state index in [4.69, 9.17) is 10.5 Å². The van der Waals surface area contributed by atoms with E-state index in [0.717, 1.165) is 24.3 Å². The number of ether oxygens (including phenoxy) is 1.